The summed E-state index contributed by atoms with van der Waals surface area (Å²) >= 11 is 0. The van der Waals surface area contributed by atoms with Gasteiger partial charge >= 0.3 is 0 Å². The second-order valence-electron chi connectivity index (χ2n) is 4.81. The molecule has 0 heterocycles. The molecule has 2 N–H and O–H groups in total. The number of nitrogens with two attached hydrogens (primary N) is 1. The van der Waals surface area contributed by atoms with Gasteiger partial charge < -0.3 is 10.6 Å². The molecule has 0 saturated carbocycles. The number of hydrogen-bond donors (Lipinski definition) is 1. The van der Waals surface area contributed by atoms with Crippen LogP contribution in [-0.4, -0.2) is 29.3 Å². The number of amides is 1. The van der Waals surface area contributed by atoms with Crippen LogP contribution < -0.4 is 5.73 Å². The summed E-state index contributed by atoms with van der Waals surface area (Å²) in [5, 5.41) is 10.8. The smallest absolute Gasteiger partial charge is 0.293 e. The number of nitro benzene ring substituents is 1. The van der Waals surface area contributed by atoms with Crippen molar-refractivity contribution in [1.82, 2.24) is 4.90 Å². The predicted octanol–water partition coefficient (Wildman–Crippen LogP) is 2.43. The van der Waals surface area contributed by atoms with Crippen LogP contribution in [0.25, 0.3) is 0 Å². The van der Waals surface area contributed by atoms with Crippen LogP contribution in [0.4, 0.5) is 15.8 Å². The van der Waals surface area contributed by atoms with Crippen LogP contribution >= 0.6 is 0 Å². The molecule has 0 aliphatic heterocycles. The average molecular weight is 283 g/mol. The van der Waals surface area contributed by atoms with Crippen LogP contribution in [0.15, 0.2) is 12.1 Å². The molecule has 0 aromatic heterocycles. The summed E-state index contributed by atoms with van der Waals surface area (Å²) in [7, 11) is 1.52. The Morgan fingerprint density at radius 1 is 1.55 bits per heavy atom. The Bertz CT molecular complexity index is 534. The van der Waals surface area contributed by atoms with Gasteiger partial charge in [0.05, 0.1) is 4.92 Å². The molecule has 0 aliphatic carbocycles. The molecule has 0 bridgehead atoms. The standard InChI is InChI=1S/C13H18FN3O3/c1-4-8(2)7-16(3)13(18)11-9(14)5-6-10(12(11)15)17(19)20/h5-6,8H,4,7,15H2,1-3H3. The zero-order valence-electron chi connectivity index (χ0n) is 11.7. The summed E-state index contributed by atoms with van der Waals surface area (Å²) < 4.78 is 13.8. The Hall–Kier alpha value is -2.18. The van der Waals surface area contributed by atoms with Gasteiger partial charge in [-0.3, -0.25) is 14.9 Å². The molecule has 0 radical (unpaired) electrons. The lowest BCUT2D eigenvalue weighted by molar-refractivity contribution is -0.384. The monoisotopic (exact) mass is 283 g/mol. The van der Waals surface area contributed by atoms with E-state index in [9.17, 15) is 19.3 Å². The number of rotatable bonds is 5. The largest absolute Gasteiger partial charge is 0.392 e. The van der Waals surface area contributed by atoms with E-state index in [-0.39, 0.29) is 5.92 Å². The minimum Gasteiger partial charge on any atom is -0.392 e. The molecule has 1 aromatic carbocycles. The molecular weight excluding hydrogens is 265 g/mol. The average Bonchev–Trinajstić information content (AvgIpc) is 2.37. The molecule has 0 fully saturated rings. The van der Waals surface area contributed by atoms with Crippen molar-refractivity contribution in [3.63, 3.8) is 0 Å². The highest BCUT2D eigenvalue weighted by molar-refractivity contribution is 6.01. The van der Waals surface area contributed by atoms with Crippen molar-refractivity contribution in [2.24, 2.45) is 5.92 Å². The first-order chi connectivity index (χ1) is 9.29. The molecule has 0 aliphatic rings. The topological polar surface area (TPSA) is 89.5 Å². The van der Waals surface area contributed by atoms with Crippen molar-refractivity contribution in [2.45, 2.75) is 20.3 Å². The first-order valence-electron chi connectivity index (χ1n) is 6.27. The van der Waals surface area contributed by atoms with Crippen molar-refractivity contribution in [3.05, 3.63) is 33.6 Å². The number of carbonyl (C=O) groups is 1. The lowest BCUT2D eigenvalue weighted by atomic mass is 10.1. The molecule has 7 heteroatoms. The molecule has 1 atom stereocenters. The number of nitro groups is 1. The van der Waals surface area contributed by atoms with Crippen LogP contribution in [0.3, 0.4) is 0 Å². The molecule has 1 aromatic rings. The highest BCUT2D eigenvalue weighted by atomic mass is 19.1. The molecular formula is C13H18FN3O3. The van der Waals surface area contributed by atoms with Crippen molar-refractivity contribution >= 4 is 17.3 Å². The summed E-state index contributed by atoms with van der Waals surface area (Å²) in [6.45, 7) is 4.36. The fraction of sp³-hybridized carbons (Fsp3) is 0.462. The Balaban J connectivity index is 3.15. The number of benzene rings is 1. The van der Waals surface area contributed by atoms with E-state index in [1.807, 2.05) is 13.8 Å². The third-order valence-corrected chi connectivity index (χ3v) is 3.21. The highest BCUT2D eigenvalue weighted by Crippen LogP contribution is 2.28. The molecule has 6 nitrogen and oxygen atoms in total. The van der Waals surface area contributed by atoms with Crippen molar-refractivity contribution in [2.75, 3.05) is 19.3 Å². The van der Waals surface area contributed by atoms with Gasteiger partial charge in [-0.05, 0) is 12.0 Å². The van der Waals surface area contributed by atoms with E-state index in [0.29, 0.717) is 6.54 Å². The van der Waals surface area contributed by atoms with Crippen LogP contribution in [0, 0.1) is 21.8 Å². The normalized spacial score (nSPS) is 12.0. The first kappa shape index (κ1) is 15.9. The van der Waals surface area contributed by atoms with Gasteiger partial charge in [-0.25, -0.2) is 4.39 Å². The molecule has 20 heavy (non-hydrogen) atoms. The van der Waals surface area contributed by atoms with Crippen LogP contribution in [0.5, 0.6) is 0 Å². The van der Waals surface area contributed by atoms with Gasteiger partial charge in [0, 0.05) is 19.7 Å². The Labute approximate surface area is 116 Å². The quantitative estimate of drug-likeness (QED) is 0.510. The summed E-state index contributed by atoms with van der Waals surface area (Å²) in [5.41, 5.74) is 4.22. The zero-order valence-corrected chi connectivity index (χ0v) is 11.7. The van der Waals surface area contributed by atoms with Gasteiger partial charge in [0.2, 0.25) is 0 Å². The molecule has 0 saturated heterocycles. The molecule has 1 unspecified atom stereocenters. The number of halogens is 1. The fourth-order valence-corrected chi connectivity index (χ4v) is 1.83. The van der Waals surface area contributed by atoms with E-state index in [2.05, 4.69) is 0 Å². The number of hydrogen-bond acceptors (Lipinski definition) is 4. The fourth-order valence-electron chi connectivity index (χ4n) is 1.83. The minimum atomic E-state index is -0.853. The number of nitrogens with zero attached hydrogens (tertiary/aromatic N) is 2. The molecule has 1 amide bonds. The maximum Gasteiger partial charge on any atom is 0.293 e. The molecule has 110 valence electrons. The highest BCUT2D eigenvalue weighted by Gasteiger charge is 2.26. The van der Waals surface area contributed by atoms with Crippen LogP contribution in [0.2, 0.25) is 0 Å². The minimum absolute atomic E-state index is 0.243. The Morgan fingerprint density at radius 3 is 2.65 bits per heavy atom. The second-order valence-corrected chi connectivity index (χ2v) is 4.81. The summed E-state index contributed by atoms with van der Waals surface area (Å²) in [5.74, 6) is -1.26. The second kappa shape index (κ2) is 6.31. The van der Waals surface area contributed by atoms with Gasteiger partial charge in [0.15, 0.2) is 0 Å². The maximum absolute atomic E-state index is 13.8. The van der Waals surface area contributed by atoms with E-state index in [0.717, 1.165) is 18.6 Å². The first-order valence-corrected chi connectivity index (χ1v) is 6.27. The van der Waals surface area contributed by atoms with Crippen molar-refractivity contribution in [3.8, 4) is 0 Å². The SMILES string of the molecule is CCC(C)CN(C)C(=O)c1c(F)ccc([N+](=O)[O-])c1N. The van der Waals surface area contributed by atoms with E-state index < -0.39 is 33.6 Å². The number of nitrogen functional groups attached to an aromatic ring is 1. The summed E-state index contributed by atoms with van der Waals surface area (Å²) in [4.78, 5) is 23.6. The van der Waals surface area contributed by atoms with Gasteiger partial charge in [-0.1, -0.05) is 20.3 Å². The van der Waals surface area contributed by atoms with E-state index in [1.165, 1.54) is 11.9 Å². The third kappa shape index (κ3) is 3.23. The van der Waals surface area contributed by atoms with Gasteiger partial charge in [0.1, 0.15) is 17.1 Å². The Morgan fingerprint density at radius 2 is 2.15 bits per heavy atom. The van der Waals surface area contributed by atoms with E-state index >= 15 is 0 Å². The Kier molecular flexibility index (Phi) is 5.01. The number of carbonyl (C=O) groups excluding carboxylic acids is 1. The number of anilines is 1. The van der Waals surface area contributed by atoms with Crippen molar-refractivity contribution in [1.29, 1.82) is 0 Å². The van der Waals surface area contributed by atoms with Gasteiger partial charge in [-0.15, -0.1) is 0 Å². The lowest BCUT2D eigenvalue weighted by Crippen LogP contribution is -2.32. The van der Waals surface area contributed by atoms with Gasteiger partial charge in [-0.2, -0.15) is 0 Å². The van der Waals surface area contributed by atoms with Gasteiger partial charge in [0.25, 0.3) is 11.6 Å². The third-order valence-electron chi connectivity index (χ3n) is 3.21. The lowest BCUT2D eigenvalue weighted by Gasteiger charge is -2.21. The predicted molar refractivity (Wildman–Crippen MR) is 73.9 cm³/mol. The van der Waals surface area contributed by atoms with Crippen molar-refractivity contribution < 1.29 is 14.1 Å². The van der Waals surface area contributed by atoms with Crippen LogP contribution in [-0.2, 0) is 0 Å². The maximum atomic E-state index is 13.8. The van der Waals surface area contributed by atoms with Crippen LogP contribution in [0.1, 0.15) is 30.6 Å². The summed E-state index contributed by atoms with van der Waals surface area (Å²) in [6, 6.07) is 1.84. The zero-order chi connectivity index (χ0) is 15.4. The molecule has 1 rings (SSSR count). The van der Waals surface area contributed by atoms with E-state index in [4.69, 9.17) is 5.73 Å². The molecule has 0 spiro atoms. The van der Waals surface area contributed by atoms with E-state index in [1.54, 1.807) is 0 Å². The summed E-state index contributed by atoms with van der Waals surface area (Å²) in [6.07, 6.45) is 0.866.